The number of hydrogen-bond acceptors (Lipinski definition) is 4. The maximum atomic E-state index is 11.7. The zero-order chi connectivity index (χ0) is 13.0. The number of hydrogen-bond donors (Lipinski definition) is 1. The number of rotatable bonds is 4. The summed E-state index contributed by atoms with van der Waals surface area (Å²) in [7, 11) is 1.44. The molecule has 4 nitrogen and oxygen atoms in total. The summed E-state index contributed by atoms with van der Waals surface area (Å²) >= 11 is 0. The third-order valence-electron chi connectivity index (χ3n) is 3.23. The van der Waals surface area contributed by atoms with Gasteiger partial charge in [0.25, 0.3) is 0 Å². The van der Waals surface area contributed by atoms with Crippen molar-refractivity contribution < 1.29 is 14.3 Å². The van der Waals surface area contributed by atoms with E-state index in [4.69, 9.17) is 9.47 Å². The predicted molar refractivity (Wildman–Crippen MR) is 66.8 cm³/mol. The first-order valence-corrected chi connectivity index (χ1v) is 6.43. The number of nitrogens with one attached hydrogen (secondary N) is 1. The van der Waals surface area contributed by atoms with Crippen molar-refractivity contribution in [3.63, 3.8) is 0 Å². The average Bonchev–Trinajstić information content (AvgIpc) is 2.23. The number of esters is 1. The molecule has 0 aromatic carbocycles. The van der Waals surface area contributed by atoms with E-state index in [0.29, 0.717) is 6.04 Å². The highest BCUT2D eigenvalue weighted by atomic mass is 16.5. The summed E-state index contributed by atoms with van der Waals surface area (Å²) < 4.78 is 10.5. The van der Waals surface area contributed by atoms with Gasteiger partial charge in [-0.25, -0.2) is 0 Å². The van der Waals surface area contributed by atoms with Crippen LogP contribution in [0.4, 0.5) is 0 Å². The van der Waals surface area contributed by atoms with Gasteiger partial charge in [0.15, 0.2) is 0 Å². The Bertz CT molecular complexity index is 245. The fourth-order valence-electron chi connectivity index (χ4n) is 2.45. The standard InChI is InChI=1S/C13H25NO3/c1-8(2)12(13(15)16-5)14-11-6-9(3)17-10(4)7-11/h8-12,14H,6-7H2,1-5H3. The van der Waals surface area contributed by atoms with Crippen molar-refractivity contribution in [2.45, 2.75) is 64.8 Å². The largest absolute Gasteiger partial charge is 0.468 e. The third kappa shape index (κ3) is 4.28. The molecule has 100 valence electrons. The van der Waals surface area contributed by atoms with Crippen molar-refractivity contribution in [2.24, 2.45) is 5.92 Å². The molecule has 1 fully saturated rings. The van der Waals surface area contributed by atoms with Gasteiger partial charge in [-0.3, -0.25) is 4.79 Å². The zero-order valence-electron chi connectivity index (χ0n) is 11.5. The molecule has 1 heterocycles. The maximum absolute atomic E-state index is 11.7. The Kier molecular flexibility index (Phi) is 5.40. The third-order valence-corrected chi connectivity index (χ3v) is 3.23. The monoisotopic (exact) mass is 243 g/mol. The molecular weight excluding hydrogens is 218 g/mol. The molecule has 0 aromatic rings. The molecule has 0 amide bonds. The first-order chi connectivity index (χ1) is 7.93. The van der Waals surface area contributed by atoms with Crippen LogP contribution in [0.5, 0.6) is 0 Å². The van der Waals surface area contributed by atoms with E-state index in [-0.39, 0.29) is 30.1 Å². The summed E-state index contributed by atoms with van der Waals surface area (Å²) in [6.45, 7) is 8.21. The SMILES string of the molecule is COC(=O)C(NC1CC(C)OC(C)C1)C(C)C. The molecule has 3 unspecified atom stereocenters. The van der Waals surface area contributed by atoms with Crippen LogP contribution in [0, 0.1) is 5.92 Å². The molecule has 1 rings (SSSR count). The zero-order valence-corrected chi connectivity index (χ0v) is 11.5. The van der Waals surface area contributed by atoms with Gasteiger partial charge in [-0.05, 0) is 32.6 Å². The molecule has 1 aliphatic heterocycles. The van der Waals surface area contributed by atoms with Gasteiger partial charge in [-0.15, -0.1) is 0 Å². The lowest BCUT2D eigenvalue weighted by Gasteiger charge is -2.35. The van der Waals surface area contributed by atoms with Crippen LogP contribution < -0.4 is 5.32 Å². The van der Waals surface area contributed by atoms with Crippen molar-refractivity contribution in [1.29, 1.82) is 0 Å². The van der Waals surface area contributed by atoms with Gasteiger partial charge < -0.3 is 14.8 Å². The molecule has 1 aliphatic rings. The molecular formula is C13H25NO3. The highest BCUT2D eigenvalue weighted by Gasteiger charge is 2.30. The van der Waals surface area contributed by atoms with Crippen LogP contribution >= 0.6 is 0 Å². The first-order valence-electron chi connectivity index (χ1n) is 6.43. The molecule has 0 bridgehead atoms. The summed E-state index contributed by atoms with van der Waals surface area (Å²) in [4.78, 5) is 11.7. The molecule has 0 aliphatic carbocycles. The van der Waals surface area contributed by atoms with E-state index >= 15 is 0 Å². The van der Waals surface area contributed by atoms with Crippen LogP contribution in [-0.2, 0) is 14.3 Å². The molecule has 17 heavy (non-hydrogen) atoms. The molecule has 0 radical (unpaired) electrons. The van der Waals surface area contributed by atoms with Gasteiger partial charge >= 0.3 is 5.97 Å². The minimum absolute atomic E-state index is 0.174. The summed E-state index contributed by atoms with van der Waals surface area (Å²) in [6.07, 6.45) is 2.40. The summed E-state index contributed by atoms with van der Waals surface area (Å²) in [5.74, 6) is 0.0581. The van der Waals surface area contributed by atoms with Crippen molar-refractivity contribution >= 4 is 5.97 Å². The lowest BCUT2D eigenvalue weighted by Crippen LogP contribution is -2.51. The Morgan fingerprint density at radius 3 is 2.24 bits per heavy atom. The lowest BCUT2D eigenvalue weighted by atomic mass is 9.96. The Morgan fingerprint density at radius 2 is 1.82 bits per heavy atom. The van der Waals surface area contributed by atoms with E-state index in [1.54, 1.807) is 0 Å². The first kappa shape index (κ1) is 14.5. The maximum Gasteiger partial charge on any atom is 0.323 e. The van der Waals surface area contributed by atoms with Crippen molar-refractivity contribution in [3.05, 3.63) is 0 Å². The van der Waals surface area contributed by atoms with Crippen LogP contribution in [0.15, 0.2) is 0 Å². The smallest absolute Gasteiger partial charge is 0.323 e. The topological polar surface area (TPSA) is 47.6 Å². The van der Waals surface area contributed by atoms with Crippen LogP contribution in [0.1, 0.15) is 40.5 Å². The van der Waals surface area contributed by atoms with Crippen LogP contribution in [-0.4, -0.2) is 37.4 Å². The molecule has 1 N–H and O–H groups in total. The van der Waals surface area contributed by atoms with E-state index in [2.05, 4.69) is 19.2 Å². The highest BCUT2D eigenvalue weighted by molar-refractivity contribution is 5.75. The Labute approximate surface area is 104 Å². The molecule has 0 spiro atoms. The second-order valence-electron chi connectivity index (χ2n) is 5.34. The molecule has 3 atom stereocenters. The Morgan fingerprint density at radius 1 is 1.29 bits per heavy atom. The van der Waals surface area contributed by atoms with E-state index in [0.717, 1.165) is 12.8 Å². The second-order valence-corrected chi connectivity index (χ2v) is 5.34. The van der Waals surface area contributed by atoms with Gasteiger partial charge in [0.2, 0.25) is 0 Å². The fourth-order valence-corrected chi connectivity index (χ4v) is 2.45. The molecule has 0 aromatic heterocycles. The van der Waals surface area contributed by atoms with Gasteiger partial charge in [-0.1, -0.05) is 13.8 Å². The van der Waals surface area contributed by atoms with Crippen LogP contribution in [0.25, 0.3) is 0 Å². The number of carbonyl (C=O) groups excluding carboxylic acids is 1. The number of carbonyl (C=O) groups is 1. The Balaban J connectivity index is 2.57. The average molecular weight is 243 g/mol. The van der Waals surface area contributed by atoms with E-state index in [9.17, 15) is 4.79 Å². The molecule has 4 heteroatoms. The van der Waals surface area contributed by atoms with Crippen LogP contribution in [0.3, 0.4) is 0 Å². The van der Waals surface area contributed by atoms with Crippen molar-refractivity contribution in [2.75, 3.05) is 7.11 Å². The predicted octanol–water partition coefficient (Wildman–Crippen LogP) is 1.73. The van der Waals surface area contributed by atoms with Crippen LogP contribution in [0.2, 0.25) is 0 Å². The second kappa shape index (κ2) is 6.36. The summed E-state index contributed by atoms with van der Waals surface area (Å²) in [5, 5.41) is 3.41. The summed E-state index contributed by atoms with van der Waals surface area (Å²) in [6, 6.07) is 0.114. The van der Waals surface area contributed by atoms with E-state index < -0.39 is 0 Å². The minimum atomic E-state index is -0.220. The normalized spacial score (nSPS) is 31.3. The highest BCUT2D eigenvalue weighted by Crippen LogP contribution is 2.20. The van der Waals surface area contributed by atoms with Gasteiger partial charge in [0.1, 0.15) is 6.04 Å². The Hall–Kier alpha value is -0.610. The van der Waals surface area contributed by atoms with Gasteiger partial charge in [-0.2, -0.15) is 0 Å². The molecule has 0 saturated carbocycles. The lowest BCUT2D eigenvalue weighted by molar-refractivity contribution is -0.145. The van der Waals surface area contributed by atoms with E-state index in [1.165, 1.54) is 7.11 Å². The number of ether oxygens (including phenoxy) is 2. The quantitative estimate of drug-likeness (QED) is 0.764. The fraction of sp³-hybridized carbons (Fsp3) is 0.923. The van der Waals surface area contributed by atoms with Gasteiger partial charge in [0, 0.05) is 6.04 Å². The molecule has 1 saturated heterocycles. The van der Waals surface area contributed by atoms with Gasteiger partial charge in [0.05, 0.1) is 19.3 Å². The van der Waals surface area contributed by atoms with Crippen molar-refractivity contribution in [3.8, 4) is 0 Å². The number of methoxy groups -OCH3 is 1. The summed E-state index contributed by atoms with van der Waals surface area (Å²) in [5.41, 5.74) is 0. The van der Waals surface area contributed by atoms with Crippen molar-refractivity contribution in [1.82, 2.24) is 5.32 Å². The minimum Gasteiger partial charge on any atom is -0.468 e. The van der Waals surface area contributed by atoms with E-state index in [1.807, 2.05) is 13.8 Å².